The smallest absolute Gasteiger partial charge is 0.341 e. The molecule has 0 aliphatic carbocycles. The van der Waals surface area contributed by atoms with Crippen LogP contribution in [0.3, 0.4) is 0 Å². The molecule has 1 atom stereocenters. The highest BCUT2D eigenvalue weighted by Gasteiger charge is 2.35. The summed E-state index contributed by atoms with van der Waals surface area (Å²) in [4.78, 5) is 25.5. The van der Waals surface area contributed by atoms with Gasteiger partial charge in [-0.1, -0.05) is 33.6 Å². The number of hydrogen-bond donors (Lipinski definition) is 2. The van der Waals surface area contributed by atoms with Gasteiger partial charge in [0, 0.05) is 37.4 Å². The molecule has 0 aromatic heterocycles. The summed E-state index contributed by atoms with van der Waals surface area (Å²) in [6.07, 6.45) is -4.62. The number of rotatable bonds is 3. The third-order valence-corrected chi connectivity index (χ3v) is 6.08. The molecule has 170 valence electrons. The largest absolute Gasteiger partial charge is 0.416 e. The van der Waals surface area contributed by atoms with Crippen molar-refractivity contribution in [1.29, 1.82) is 0 Å². The summed E-state index contributed by atoms with van der Waals surface area (Å²) in [6.45, 7) is 1.30. The van der Waals surface area contributed by atoms with Crippen LogP contribution in [0.5, 0.6) is 0 Å². The molecule has 1 heterocycles. The molecule has 2 amide bonds. The van der Waals surface area contributed by atoms with Crippen LogP contribution in [0.15, 0.2) is 53.0 Å². The molecule has 0 saturated heterocycles. The predicted molar refractivity (Wildman–Crippen MR) is 119 cm³/mol. The van der Waals surface area contributed by atoms with Gasteiger partial charge in [0.15, 0.2) is 0 Å². The lowest BCUT2D eigenvalue weighted by atomic mass is 9.96. The molecular weight excluding hydrogens is 528 g/mol. The Morgan fingerprint density at radius 2 is 1.85 bits per heavy atom. The highest BCUT2D eigenvalue weighted by Crippen LogP contribution is 2.41. The van der Waals surface area contributed by atoms with Crippen LogP contribution < -0.4 is 10.6 Å². The van der Waals surface area contributed by atoms with E-state index in [1.54, 1.807) is 0 Å². The van der Waals surface area contributed by atoms with Crippen LogP contribution in [-0.4, -0.2) is 11.8 Å². The average Bonchev–Trinajstić information content (AvgIpc) is 3.05. The maximum Gasteiger partial charge on any atom is 0.416 e. The number of benzene rings is 3. The van der Waals surface area contributed by atoms with Crippen LogP contribution in [0.25, 0.3) is 0 Å². The number of carbonyl (C=O) groups excluding carboxylic acids is 2. The van der Waals surface area contributed by atoms with Gasteiger partial charge < -0.3 is 10.6 Å². The topological polar surface area (TPSA) is 58.2 Å². The Morgan fingerprint density at radius 3 is 2.55 bits per heavy atom. The molecule has 0 radical (unpaired) electrons. The van der Waals surface area contributed by atoms with Crippen molar-refractivity contribution in [2.45, 2.75) is 19.1 Å². The second-order valence-electron chi connectivity index (χ2n) is 7.47. The fourth-order valence-electron chi connectivity index (χ4n) is 3.73. The fraction of sp³-hybridized carbons (Fsp3) is 0.130. The lowest BCUT2D eigenvalue weighted by Gasteiger charge is -2.18. The van der Waals surface area contributed by atoms with Gasteiger partial charge in [-0.25, -0.2) is 4.39 Å². The van der Waals surface area contributed by atoms with Gasteiger partial charge in [-0.05, 0) is 55.0 Å². The van der Waals surface area contributed by atoms with Crippen molar-refractivity contribution in [1.82, 2.24) is 5.32 Å². The molecule has 4 rings (SSSR count). The normalized spacial score (nSPS) is 15.2. The molecule has 4 nitrogen and oxygen atoms in total. The van der Waals surface area contributed by atoms with E-state index in [1.807, 2.05) is 0 Å². The van der Waals surface area contributed by atoms with E-state index in [1.165, 1.54) is 49.4 Å². The number of hydrogen-bond acceptors (Lipinski definition) is 2. The van der Waals surface area contributed by atoms with Crippen LogP contribution in [-0.2, 0) is 6.18 Å². The van der Waals surface area contributed by atoms with Crippen LogP contribution in [0, 0.1) is 12.7 Å². The second kappa shape index (κ2) is 8.46. The average molecular weight is 542 g/mol. The quantitative estimate of drug-likeness (QED) is 0.365. The summed E-state index contributed by atoms with van der Waals surface area (Å²) in [5.41, 5.74) is -0.163. The van der Waals surface area contributed by atoms with Crippen molar-refractivity contribution >= 4 is 45.0 Å². The van der Waals surface area contributed by atoms with Gasteiger partial charge in [-0.3, -0.25) is 9.59 Å². The summed E-state index contributed by atoms with van der Waals surface area (Å²) in [7, 11) is 0. The van der Waals surface area contributed by atoms with Crippen molar-refractivity contribution in [2.75, 3.05) is 5.32 Å². The first-order chi connectivity index (χ1) is 15.5. The number of alkyl halides is 3. The fourth-order valence-corrected chi connectivity index (χ4v) is 4.42. The standard InChI is InChI=1S/C23H14BrClF4N2O2/c1-10-2-3-11(6-16(10)23(27,28)29)21(32)30-18-8-12(24)7-15-19(18)20(31-22(15)33)14-9-13(26)4-5-17(14)25/h2-9,20H,1H3,(H,30,32)(H,31,33). The number of anilines is 1. The number of amides is 2. The zero-order valence-corrected chi connectivity index (χ0v) is 19.1. The maximum absolute atomic E-state index is 13.9. The van der Waals surface area contributed by atoms with E-state index < -0.39 is 35.4 Å². The minimum Gasteiger partial charge on any atom is -0.341 e. The van der Waals surface area contributed by atoms with E-state index in [2.05, 4.69) is 26.6 Å². The number of halogens is 6. The minimum absolute atomic E-state index is 0.0157. The zero-order valence-electron chi connectivity index (χ0n) is 16.8. The summed E-state index contributed by atoms with van der Waals surface area (Å²) >= 11 is 9.50. The van der Waals surface area contributed by atoms with Crippen LogP contribution in [0.1, 0.15) is 49.0 Å². The lowest BCUT2D eigenvalue weighted by Crippen LogP contribution is -2.21. The molecule has 1 aliphatic rings. The predicted octanol–water partition coefficient (Wildman–Crippen LogP) is 6.65. The zero-order chi connectivity index (χ0) is 24.1. The Morgan fingerprint density at radius 1 is 1.12 bits per heavy atom. The molecule has 3 aromatic rings. The van der Waals surface area contributed by atoms with E-state index >= 15 is 0 Å². The Hall–Kier alpha value is -2.91. The van der Waals surface area contributed by atoms with Gasteiger partial charge in [-0.15, -0.1) is 0 Å². The third kappa shape index (κ3) is 4.47. The monoisotopic (exact) mass is 540 g/mol. The molecule has 0 saturated carbocycles. The molecule has 0 fully saturated rings. The van der Waals surface area contributed by atoms with E-state index in [9.17, 15) is 27.2 Å². The molecule has 3 aromatic carbocycles. The van der Waals surface area contributed by atoms with E-state index in [0.29, 0.717) is 10.0 Å². The number of carbonyl (C=O) groups is 2. The lowest BCUT2D eigenvalue weighted by molar-refractivity contribution is -0.138. The van der Waals surface area contributed by atoms with Crippen molar-refractivity contribution in [2.24, 2.45) is 0 Å². The molecule has 2 N–H and O–H groups in total. The third-order valence-electron chi connectivity index (χ3n) is 5.28. The van der Waals surface area contributed by atoms with E-state index in [-0.39, 0.29) is 33.0 Å². The van der Waals surface area contributed by atoms with Gasteiger partial charge >= 0.3 is 6.18 Å². The Kier molecular flexibility index (Phi) is 5.96. The summed E-state index contributed by atoms with van der Waals surface area (Å²) in [5, 5.41) is 5.49. The van der Waals surface area contributed by atoms with Crippen molar-refractivity contribution in [3.8, 4) is 0 Å². The van der Waals surface area contributed by atoms with Crippen molar-refractivity contribution < 1.29 is 27.2 Å². The Balaban J connectivity index is 1.78. The summed E-state index contributed by atoms with van der Waals surface area (Å²) in [5.74, 6) is -1.84. The first-order valence-electron chi connectivity index (χ1n) is 9.54. The molecule has 1 unspecified atom stereocenters. The molecule has 1 aliphatic heterocycles. The highest BCUT2D eigenvalue weighted by atomic mass is 79.9. The SMILES string of the molecule is Cc1ccc(C(=O)Nc2cc(Br)cc3c2C(c2cc(F)ccc2Cl)NC3=O)cc1C(F)(F)F. The number of aryl methyl sites for hydroxylation is 1. The summed E-state index contributed by atoms with van der Waals surface area (Å²) < 4.78 is 54.2. The van der Waals surface area contributed by atoms with Gasteiger partial charge in [-0.2, -0.15) is 13.2 Å². The maximum atomic E-state index is 13.9. The van der Waals surface area contributed by atoms with Gasteiger partial charge in [0.1, 0.15) is 5.82 Å². The van der Waals surface area contributed by atoms with Crippen LogP contribution in [0.4, 0.5) is 23.2 Å². The number of fused-ring (bicyclic) bond motifs is 1. The van der Waals surface area contributed by atoms with Crippen molar-refractivity contribution in [3.05, 3.63) is 97.2 Å². The van der Waals surface area contributed by atoms with E-state index in [4.69, 9.17) is 11.6 Å². The van der Waals surface area contributed by atoms with E-state index in [0.717, 1.165) is 6.07 Å². The van der Waals surface area contributed by atoms with Gasteiger partial charge in [0.2, 0.25) is 0 Å². The molecule has 0 bridgehead atoms. The van der Waals surface area contributed by atoms with Crippen molar-refractivity contribution in [3.63, 3.8) is 0 Å². The first-order valence-corrected chi connectivity index (χ1v) is 10.7. The van der Waals surface area contributed by atoms with Gasteiger partial charge in [0.05, 0.1) is 11.6 Å². The Bertz CT molecular complexity index is 1310. The Labute approximate surface area is 199 Å². The van der Waals surface area contributed by atoms with Gasteiger partial charge in [0.25, 0.3) is 11.8 Å². The molecule has 10 heteroatoms. The van der Waals surface area contributed by atoms with Crippen LogP contribution in [0.2, 0.25) is 5.02 Å². The number of nitrogens with one attached hydrogen (secondary N) is 2. The molecule has 0 spiro atoms. The molecular formula is C23H14BrClF4N2O2. The van der Waals surface area contributed by atoms with Crippen LogP contribution >= 0.6 is 27.5 Å². The second-order valence-corrected chi connectivity index (χ2v) is 8.79. The minimum atomic E-state index is -4.62. The highest BCUT2D eigenvalue weighted by molar-refractivity contribution is 9.10. The first kappa shape index (κ1) is 23.3. The molecule has 33 heavy (non-hydrogen) atoms. The summed E-state index contributed by atoms with van der Waals surface area (Å²) in [6, 6.07) is 9.12.